The Morgan fingerprint density at radius 3 is 2.68 bits per heavy atom. The number of benzene rings is 1. The van der Waals surface area contributed by atoms with Gasteiger partial charge in [-0.2, -0.15) is 0 Å². The molecule has 1 aliphatic rings. The molecule has 0 saturated carbocycles. The van der Waals surface area contributed by atoms with Crippen LogP contribution in [-0.4, -0.2) is 46.9 Å². The normalized spacial score (nSPS) is 14.0. The van der Waals surface area contributed by atoms with Gasteiger partial charge in [0, 0.05) is 28.8 Å². The number of rotatable bonds is 8. The van der Waals surface area contributed by atoms with Crippen molar-refractivity contribution in [3.8, 4) is 17.4 Å². The second-order valence-corrected chi connectivity index (χ2v) is 7.81. The molecule has 1 N–H and O–H groups in total. The van der Waals surface area contributed by atoms with Crippen molar-refractivity contribution in [1.29, 1.82) is 0 Å². The smallest absolute Gasteiger partial charge is 0.373 e. The third kappa shape index (κ3) is 5.36. The van der Waals surface area contributed by atoms with Crippen molar-refractivity contribution < 1.29 is 37.9 Å². The number of pyridine rings is 1. The standard InChI is InChI=1S/C23H17ClN4O9/c1-34-18-9-13(24)7-12(20(18)37-19-6-3-14(10-25-19)28(32)33)8-16-21(29)27(23(31)26-16)11-15-4-5-17(36-15)22(30)35-2/h3-10H,11H2,1-2H3,(H,26,31)/b16-8+. The summed E-state index contributed by atoms with van der Waals surface area (Å²) in [5, 5.41) is 13.6. The van der Waals surface area contributed by atoms with Gasteiger partial charge < -0.3 is 23.9 Å². The number of hydrogen-bond acceptors (Lipinski definition) is 10. The maximum Gasteiger partial charge on any atom is 0.373 e. The van der Waals surface area contributed by atoms with E-state index in [2.05, 4.69) is 15.0 Å². The average Bonchev–Trinajstić information content (AvgIpc) is 3.45. The minimum Gasteiger partial charge on any atom is -0.493 e. The summed E-state index contributed by atoms with van der Waals surface area (Å²) in [7, 11) is 2.56. The van der Waals surface area contributed by atoms with E-state index in [0.717, 1.165) is 11.1 Å². The van der Waals surface area contributed by atoms with Crippen LogP contribution in [0.3, 0.4) is 0 Å². The summed E-state index contributed by atoms with van der Waals surface area (Å²) in [5.41, 5.74) is -0.0797. The van der Waals surface area contributed by atoms with Crippen LogP contribution in [-0.2, 0) is 16.1 Å². The number of nitro groups is 1. The van der Waals surface area contributed by atoms with Gasteiger partial charge in [0.25, 0.3) is 11.6 Å². The summed E-state index contributed by atoms with van der Waals surface area (Å²) in [5.74, 6) is -0.994. The van der Waals surface area contributed by atoms with E-state index in [1.54, 1.807) is 0 Å². The topological polar surface area (TPSA) is 163 Å². The Morgan fingerprint density at radius 2 is 2.03 bits per heavy atom. The van der Waals surface area contributed by atoms with E-state index in [4.69, 9.17) is 25.5 Å². The molecule has 0 atom stereocenters. The number of nitrogens with one attached hydrogen (secondary N) is 1. The van der Waals surface area contributed by atoms with Crippen LogP contribution in [0.2, 0.25) is 5.02 Å². The largest absolute Gasteiger partial charge is 0.493 e. The van der Waals surface area contributed by atoms with Gasteiger partial charge in [-0.3, -0.25) is 19.8 Å². The summed E-state index contributed by atoms with van der Waals surface area (Å²) in [6.45, 7) is -0.242. The highest BCUT2D eigenvalue weighted by atomic mass is 35.5. The maximum atomic E-state index is 13.0. The van der Waals surface area contributed by atoms with Crippen LogP contribution in [0.4, 0.5) is 10.5 Å². The fourth-order valence-corrected chi connectivity index (χ4v) is 3.52. The molecule has 3 aromatic rings. The number of ether oxygens (including phenoxy) is 3. The van der Waals surface area contributed by atoms with Crippen molar-refractivity contribution in [3.05, 3.63) is 80.5 Å². The van der Waals surface area contributed by atoms with Gasteiger partial charge in [0.05, 0.1) is 25.7 Å². The van der Waals surface area contributed by atoms with E-state index in [1.807, 2.05) is 0 Å². The summed E-state index contributed by atoms with van der Waals surface area (Å²) >= 11 is 6.20. The second-order valence-electron chi connectivity index (χ2n) is 7.38. The van der Waals surface area contributed by atoms with E-state index in [-0.39, 0.29) is 57.4 Å². The molecule has 0 radical (unpaired) electrons. The minimum atomic E-state index is -0.722. The van der Waals surface area contributed by atoms with Crippen molar-refractivity contribution in [1.82, 2.24) is 15.2 Å². The number of hydrogen-bond donors (Lipinski definition) is 1. The van der Waals surface area contributed by atoms with E-state index in [1.165, 1.54) is 56.7 Å². The first kappa shape index (κ1) is 25.2. The minimum absolute atomic E-state index is 0.00788. The number of amides is 3. The second kappa shape index (κ2) is 10.4. The number of aromatic nitrogens is 1. The molecule has 1 fully saturated rings. The average molecular weight is 529 g/mol. The molecule has 2 aromatic heterocycles. The molecule has 13 nitrogen and oxygen atoms in total. The molecule has 4 rings (SSSR count). The van der Waals surface area contributed by atoms with Crippen molar-refractivity contribution in [3.63, 3.8) is 0 Å². The lowest BCUT2D eigenvalue weighted by Crippen LogP contribution is -2.30. The van der Waals surface area contributed by atoms with Gasteiger partial charge >= 0.3 is 12.0 Å². The summed E-state index contributed by atoms with van der Waals surface area (Å²) in [4.78, 5) is 52.2. The predicted molar refractivity (Wildman–Crippen MR) is 126 cm³/mol. The summed E-state index contributed by atoms with van der Waals surface area (Å²) < 4.78 is 21.0. The number of imide groups is 1. The highest BCUT2D eigenvalue weighted by Crippen LogP contribution is 2.39. The Hall–Kier alpha value is -4.91. The molecule has 14 heteroatoms. The third-order valence-corrected chi connectivity index (χ3v) is 5.25. The van der Waals surface area contributed by atoms with Gasteiger partial charge in [-0.1, -0.05) is 11.6 Å². The van der Waals surface area contributed by atoms with Crippen LogP contribution >= 0.6 is 11.6 Å². The molecule has 37 heavy (non-hydrogen) atoms. The third-order valence-electron chi connectivity index (χ3n) is 5.03. The van der Waals surface area contributed by atoms with Gasteiger partial charge in [-0.25, -0.2) is 14.6 Å². The lowest BCUT2D eigenvalue weighted by atomic mass is 10.1. The number of carbonyl (C=O) groups excluding carboxylic acids is 3. The molecule has 3 amide bonds. The number of esters is 1. The van der Waals surface area contributed by atoms with Gasteiger partial charge in [0.1, 0.15) is 17.7 Å². The summed E-state index contributed by atoms with van der Waals surface area (Å²) in [6.07, 6.45) is 2.35. The monoisotopic (exact) mass is 528 g/mol. The molecule has 0 aliphatic carbocycles. The molecule has 0 spiro atoms. The first-order chi connectivity index (χ1) is 17.7. The van der Waals surface area contributed by atoms with Crippen LogP contribution in [0.1, 0.15) is 21.9 Å². The van der Waals surface area contributed by atoms with Crippen molar-refractivity contribution in [2.45, 2.75) is 6.54 Å². The molecule has 0 bridgehead atoms. The van der Waals surface area contributed by atoms with Crippen LogP contribution in [0.25, 0.3) is 6.08 Å². The van der Waals surface area contributed by atoms with Crippen LogP contribution in [0.5, 0.6) is 17.4 Å². The zero-order chi connectivity index (χ0) is 26.7. The quantitative estimate of drug-likeness (QED) is 0.149. The highest BCUT2D eigenvalue weighted by Gasteiger charge is 2.35. The van der Waals surface area contributed by atoms with Crippen LogP contribution < -0.4 is 14.8 Å². The Labute approximate surface area is 213 Å². The first-order valence-corrected chi connectivity index (χ1v) is 10.8. The zero-order valence-corrected chi connectivity index (χ0v) is 20.0. The number of halogens is 1. The highest BCUT2D eigenvalue weighted by molar-refractivity contribution is 6.31. The first-order valence-electron chi connectivity index (χ1n) is 10.4. The number of urea groups is 1. The molecular weight excluding hydrogens is 512 g/mol. The fourth-order valence-electron chi connectivity index (χ4n) is 3.30. The SMILES string of the molecule is COC(=O)c1ccc(CN2C(=O)N/C(=C/c3cc(Cl)cc(OC)c3Oc3ccc([N+](=O)[O-])cn3)C2=O)o1. The number of furan rings is 1. The van der Waals surface area contributed by atoms with Gasteiger partial charge in [0.2, 0.25) is 11.6 Å². The van der Waals surface area contributed by atoms with E-state index in [9.17, 15) is 24.5 Å². The Kier molecular flexibility index (Phi) is 7.06. The van der Waals surface area contributed by atoms with Crippen molar-refractivity contribution >= 4 is 41.3 Å². The lowest BCUT2D eigenvalue weighted by Gasteiger charge is -2.13. The van der Waals surface area contributed by atoms with E-state index in [0.29, 0.717) is 0 Å². The lowest BCUT2D eigenvalue weighted by molar-refractivity contribution is -0.385. The van der Waals surface area contributed by atoms with E-state index >= 15 is 0 Å². The van der Waals surface area contributed by atoms with Gasteiger partial charge in [-0.15, -0.1) is 0 Å². The van der Waals surface area contributed by atoms with E-state index < -0.39 is 22.8 Å². The fraction of sp³-hybridized carbons (Fsp3) is 0.130. The van der Waals surface area contributed by atoms with Gasteiger partial charge in [0.15, 0.2) is 11.5 Å². The van der Waals surface area contributed by atoms with Crippen molar-refractivity contribution in [2.24, 2.45) is 0 Å². The molecule has 1 aromatic carbocycles. The molecule has 0 unspecified atom stereocenters. The number of carbonyl (C=O) groups is 3. The number of nitrogens with zero attached hydrogens (tertiary/aromatic N) is 3. The molecule has 3 heterocycles. The molecule has 190 valence electrons. The molecule has 1 aliphatic heterocycles. The predicted octanol–water partition coefficient (Wildman–Crippen LogP) is 3.92. The maximum absolute atomic E-state index is 13.0. The summed E-state index contributed by atoms with van der Waals surface area (Å²) in [6, 6.07) is 7.52. The van der Waals surface area contributed by atoms with Crippen LogP contribution in [0.15, 0.2) is 52.7 Å². The van der Waals surface area contributed by atoms with Crippen molar-refractivity contribution in [2.75, 3.05) is 14.2 Å². The van der Waals surface area contributed by atoms with Gasteiger partial charge in [-0.05, 0) is 24.3 Å². The number of methoxy groups -OCH3 is 2. The Morgan fingerprint density at radius 1 is 1.24 bits per heavy atom. The van der Waals surface area contributed by atoms with Crippen LogP contribution in [0, 0.1) is 10.1 Å². The molecular formula is C23H17ClN4O9. The molecule has 1 saturated heterocycles. The zero-order valence-electron chi connectivity index (χ0n) is 19.2. The Bertz CT molecular complexity index is 1430. The Balaban J connectivity index is 1.63.